The molecule has 0 aliphatic rings. The Kier molecular flexibility index (Phi) is 4.08. The largest absolute Gasteiger partial charge is 0.574 e. The van der Waals surface area contributed by atoms with Gasteiger partial charge in [0.05, 0.1) is 0 Å². The highest BCUT2D eigenvalue weighted by atomic mass is 127. The summed E-state index contributed by atoms with van der Waals surface area (Å²) in [6.07, 6.45) is -10.0. The lowest BCUT2D eigenvalue weighted by molar-refractivity contribution is -0.277. The summed E-state index contributed by atoms with van der Waals surface area (Å²) in [7, 11) is 0. The Hall–Kier alpha value is -1.07. The molecule has 1 rings (SSSR count). The van der Waals surface area contributed by atoms with Gasteiger partial charge in [-0.3, -0.25) is 4.79 Å². The summed E-state index contributed by atoms with van der Waals surface area (Å²) in [6, 6.07) is 0. The van der Waals surface area contributed by atoms with E-state index in [1.165, 1.54) is 22.6 Å². The maximum absolute atomic E-state index is 12.6. The van der Waals surface area contributed by atoms with Gasteiger partial charge in [-0.2, -0.15) is 13.2 Å². The van der Waals surface area contributed by atoms with Crippen LogP contribution in [-0.4, -0.2) is 17.6 Å². The number of aldehydes is 1. The molecule has 0 fully saturated rings. The Bertz CT molecular complexity index is 470. The average Bonchev–Trinajstić information content (AvgIpc) is 2.16. The second-order valence-electron chi connectivity index (χ2n) is 2.86. The van der Waals surface area contributed by atoms with Crippen molar-refractivity contribution in [3.8, 4) is 5.88 Å². The van der Waals surface area contributed by atoms with E-state index >= 15 is 0 Å². The quantitative estimate of drug-likeness (QED) is 0.445. The lowest BCUT2D eigenvalue weighted by Gasteiger charge is -2.16. The monoisotopic (exact) mass is 385 g/mol. The van der Waals surface area contributed by atoms with Crippen LogP contribution in [0.3, 0.4) is 0 Å². The van der Waals surface area contributed by atoms with Gasteiger partial charge < -0.3 is 4.74 Å². The third-order valence-corrected chi connectivity index (χ3v) is 2.51. The van der Waals surface area contributed by atoms with E-state index in [0.29, 0.717) is 6.20 Å². The van der Waals surface area contributed by atoms with Crippen LogP contribution < -0.4 is 4.74 Å². The first kappa shape index (κ1) is 15.0. The first-order chi connectivity index (χ1) is 8.06. The van der Waals surface area contributed by atoms with Crippen molar-refractivity contribution in [2.75, 3.05) is 0 Å². The number of hydrogen-bond acceptors (Lipinski definition) is 3. The molecule has 100 valence electrons. The van der Waals surface area contributed by atoms with Crippen LogP contribution in [0.4, 0.5) is 26.3 Å². The number of aromatic nitrogens is 1. The van der Waals surface area contributed by atoms with Crippen molar-refractivity contribution in [3.63, 3.8) is 0 Å². The number of halogens is 7. The summed E-state index contributed by atoms with van der Waals surface area (Å²) in [4.78, 5) is 13.5. The van der Waals surface area contributed by atoms with E-state index in [1.54, 1.807) is 0 Å². The molecule has 0 radical (unpaired) electrons. The van der Waals surface area contributed by atoms with E-state index in [-0.39, 0.29) is 9.86 Å². The summed E-state index contributed by atoms with van der Waals surface area (Å²) in [6.45, 7) is 0. The van der Waals surface area contributed by atoms with Gasteiger partial charge in [0.25, 0.3) is 0 Å². The van der Waals surface area contributed by atoms with Crippen molar-refractivity contribution in [1.29, 1.82) is 0 Å². The fraction of sp³-hybridized carbons (Fsp3) is 0.250. The molecule has 0 aliphatic carbocycles. The summed E-state index contributed by atoms with van der Waals surface area (Å²) < 4.78 is 76.5. The predicted octanol–water partition coefficient (Wildman–Crippen LogP) is 3.42. The topological polar surface area (TPSA) is 39.2 Å². The Balaban J connectivity index is 3.48. The Morgan fingerprint density at radius 2 is 1.78 bits per heavy atom. The minimum absolute atomic E-state index is 0.199. The van der Waals surface area contributed by atoms with E-state index in [4.69, 9.17) is 0 Å². The van der Waals surface area contributed by atoms with Crippen molar-refractivity contribution >= 4 is 28.9 Å². The molecule has 10 heteroatoms. The normalized spacial score (nSPS) is 12.4. The van der Waals surface area contributed by atoms with Crippen molar-refractivity contribution in [2.24, 2.45) is 0 Å². The molecule has 3 nitrogen and oxygen atoms in total. The second-order valence-corrected chi connectivity index (χ2v) is 4.03. The lowest BCUT2D eigenvalue weighted by atomic mass is 10.1. The molecule has 0 unspecified atom stereocenters. The van der Waals surface area contributed by atoms with Gasteiger partial charge in [-0.1, -0.05) is 0 Å². The molecule has 18 heavy (non-hydrogen) atoms. The zero-order valence-corrected chi connectivity index (χ0v) is 10.2. The molecule has 0 atom stereocenters. The van der Waals surface area contributed by atoms with Gasteiger partial charge in [-0.05, 0) is 22.6 Å². The maximum Gasteiger partial charge on any atom is 0.574 e. The Labute approximate surface area is 109 Å². The van der Waals surface area contributed by atoms with E-state index in [9.17, 15) is 31.1 Å². The highest BCUT2D eigenvalue weighted by molar-refractivity contribution is 14.1. The van der Waals surface area contributed by atoms with E-state index in [0.717, 1.165) is 0 Å². The van der Waals surface area contributed by atoms with Gasteiger partial charge in [0, 0.05) is 15.3 Å². The lowest BCUT2D eigenvalue weighted by Crippen LogP contribution is -2.22. The number of carbonyl (C=O) groups is 1. The van der Waals surface area contributed by atoms with Crippen LogP contribution in [0.1, 0.15) is 15.9 Å². The van der Waals surface area contributed by atoms with Crippen LogP contribution in [0.5, 0.6) is 5.88 Å². The van der Waals surface area contributed by atoms with Crippen molar-refractivity contribution in [3.05, 3.63) is 20.9 Å². The fourth-order valence-corrected chi connectivity index (χ4v) is 1.60. The predicted molar refractivity (Wildman–Crippen MR) is 54.0 cm³/mol. The molecule has 0 aliphatic heterocycles. The summed E-state index contributed by atoms with van der Waals surface area (Å²) in [5, 5.41) is 0. The number of alkyl halides is 6. The van der Waals surface area contributed by atoms with Crippen molar-refractivity contribution in [1.82, 2.24) is 4.98 Å². The van der Waals surface area contributed by atoms with Crippen molar-refractivity contribution in [2.45, 2.75) is 12.5 Å². The molecular formula is C8H2F6INO2. The standard InChI is InChI=1S/C8H2F6INO2/c9-7(10,11)5-3(2-17)4(15)1-16-6(5)18-8(12,13)14/h1-2H. The van der Waals surface area contributed by atoms with Gasteiger partial charge >= 0.3 is 12.5 Å². The first-order valence-electron chi connectivity index (χ1n) is 4.03. The fourth-order valence-electron chi connectivity index (χ4n) is 1.06. The van der Waals surface area contributed by atoms with Gasteiger partial charge in [-0.15, -0.1) is 13.2 Å². The summed E-state index contributed by atoms with van der Waals surface area (Å²) >= 11 is 1.35. The number of hydrogen-bond donors (Lipinski definition) is 0. The van der Waals surface area contributed by atoms with Gasteiger partial charge in [-0.25, -0.2) is 4.98 Å². The Morgan fingerprint density at radius 3 is 2.17 bits per heavy atom. The highest BCUT2D eigenvalue weighted by Crippen LogP contribution is 2.40. The first-order valence-corrected chi connectivity index (χ1v) is 5.10. The summed E-state index contributed by atoms with van der Waals surface area (Å²) in [5.74, 6) is -1.70. The molecule has 0 saturated carbocycles. The molecular weight excluding hydrogens is 383 g/mol. The molecule has 1 heterocycles. The van der Waals surface area contributed by atoms with Crippen LogP contribution >= 0.6 is 22.6 Å². The van der Waals surface area contributed by atoms with Gasteiger partial charge in [0.1, 0.15) is 5.56 Å². The molecule has 0 bridgehead atoms. The van der Waals surface area contributed by atoms with E-state index in [2.05, 4.69) is 9.72 Å². The van der Waals surface area contributed by atoms with E-state index in [1.807, 2.05) is 0 Å². The number of ether oxygens (including phenoxy) is 1. The van der Waals surface area contributed by atoms with Gasteiger partial charge in [0.15, 0.2) is 6.29 Å². The number of nitrogens with zero attached hydrogens (tertiary/aromatic N) is 1. The maximum atomic E-state index is 12.6. The Morgan fingerprint density at radius 1 is 1.22 bits per heavy atom. The van der Waals surface area contributed by atoms with E-state index < -0.39 is 29.5 Å². The minimum Gasteiger partial charge on any atom is -0.387 e. The molecule has 0 N–H and O–H groups in total. The highest BCUT2D eigenvalue weighted by Gasteiger charge is 2.43. The molecule has 1 aromatic heterocycles. The zero-order chi connectivity index (χ0) is 14.1. The molecule has 0 saturated heterocycles. The minimum atomic E-state index is -5.33. The molecule has 0 amide bonds. The van der Waals surface area contributed by atoms with Crippen LogP contribution in [0.25, 0.3) is 0 Å². The average molecular weight is 385 g/mol. The van der Waals surface area contributed by atoms with Crippen LogP contribution in [0, 0.1) is 3.57 Å². The number of carbonyl (C=O) groups excluding carboxylic acids is 1. The molecule has 0 spiro atoms. The van der Waals surface area contributed by atoms with Crippen molar-refractivity contribution < 1.29 is 35.9 Å². The summed E-state index contributed by atoms with van der Waals surface area (Å²) in [5.41, 5.74) is -2.79. The molecule has 1 aromatic rings. The smallest absolute Gasteiger partial charge is 0.387 e. The van der Waals surface area contributed by atoms with Crippen LogP contribution in [0.2, 0.25) is 0 Å². The third-order valence-electron chi connectivity index (χ3n) is 1.65. The SMILES string of the molecule is O=Cc1c(I)cnc(OC(F)(F)F)c1C(F)(F)F. The number of rotatable bonds is 2. The third kappa shape index (κ3) is 3.46. The second kappa shape index (κ2) is 4.90. The van der Waals surface area contributed by atoms with Gasteiger partial charge in [0.2, 0.25) is 5.88 Å². The van der Waals surface area contributed by atoms with Crippen LogP contribution in [0.15, 0.2) is 6.20 Å². The van der Waals surface area contributed by atoms with Crippen LogP contribution in [-0.2, 0) is 6.18 Å². The number of pyridine rings is 1. The molecule has 0 aromatic carbocycles. The zero-order valence-electron chi connectivity index (χ0n) is 8.06.